The number of amides is 2. The molecular formula is C15H23N3O3. The number of nitrogens with zero attached hydrogens (tertiary/aromatic N) is 1. The molecule has 0 aliphatic rings. The van der Waals surface area contributed by atoms with Crippen molar-refractivity contribution >= 4 is 17.5 Å². The SMILES string of the molecule is NCc1ccc(N(O)C(=O)CCCCCCC(N)=O)cc1. The smallest absolute Gasteiger partial charge is 0.250 e. The number of hydrogen-bond acceptors (Lipinski definition) is 4. The number of primary amides is 1. The molecule has 0 fully saturated rings. The molecule has 0 saturated carbocycles. The van der Waals surface area contributed by atoms with E-state index in [0.717, 1.165) is 24.8 Å². The molecule has 1 aromatic rings. The molecule has 6 heteroatoms. The van der Waals surface area contributed by atoms with Crippen LogP contribution in [0.2, 0.25) is 0 Å². The third-order valence-corrected chi connectivity index (χ3v) is 3.22. The number of benzene rings is 1. The molecule has 0 bridgehead atoms. The van der Waals surface area contributed by atoms with Crippen molar-refractivity contribution < 1.29 is 14.8 Å². The summed E-state index contributed by atoms with van der Waals surface area (Å²) in [7, 11) is 0. The van der Waals surface area contributed by atoms with Gasteiger partial charge in [-0.15, -0.1) is 0 Å². The Morgan fingerprint density at radius 2 is 1.57 bits per heavy atom. The minimum Gasteiger partial charge on any atom is -0.370 e. The highest BCUT2D eigenvalue weighted by Crippen LogP contribution is 2.15. The van der Waals surface area contributed by atoms with Gasteiger partial charge in [0.05, 0.1) is 5.69 Å². The number of anilines is 1. The van der Waals surface area contributed by atoms with Crippen LogP contribution < -0.4 is 16.5 Å². The van der Waals surface area contributed by atoms with Crippen LogP contribution in [0.1, 0.15) is 44.1 Å². The molecule has 0 aliphatic carbocycles. The summed E-state index contributed by atoms with van der Waals surface area (Å²) in [6.07, 6.45) is 3.76. The van der Waals surface area contributed by atoms with Crippen LogP contribution in [0.25, 0.3) is 0 Å². The Morgan fingerprint density at radius 3 is 2.10 bits per heavy atom. The highest BCUT2D eigenvalue weighted by Gasteiger charge is 2.12. The van der Waals surface area contributed by atoms with Crippen molar-refractivity contribution in [2.24, 2.45) is 11.5 Å². The van der Waals surface area contributed by atoms with E-state index in [9.17, 15) is 14.8 Å². The number of rotatable bonds is 9. The van der Waals surface area contributed by atoms with E-state index in [2.05, 4.69) is 0 Å². The van der Waals surface area contributed by atoms with Gasteiger partial charge in [-0.05, 0) is 30.5 Å². The van der Waals surface area contributed by atoms with Gasteiger partial charge in [0.2, 0.25) is 5.91 Å². The summed E-state index contributed by atoms with van der Waals surface area (Å²) in [6, 6.07) is 6.87. The van der Waals surface area contributed by atoms with Crippen molar-refractivity contribution in [1.29, 1.82) is 0 Å². The number of carbonyl (C=O) groups excluding carboxylic acids is 2. The molecule has 0 spiro atoms. The molecule has 0 saturated heterocycles. The minimum atomic E-state index is -0.342. The van der Waals surface area contributed by atoms with E-state index in [1.165, 1.54) is 0 Å². The molecule has 1 aromatic carbocycles. The predicted molar refractivity (Wildman–Crippen MR) is 80.5 cm³/mol. The number of hydrogen-bond donors (Lipinski definition) is 3. The fraction of sp³-hybridized carbons (Fsp3) is 0.467. The summed E-state index contributed by atoms with van der Waals surface area (Å²) < 4.78 is 0. The molecule has 6 nitrogen and oxygen atoms in total. The topological polar surface area (TPSA) is 110 Å². The van der Waals surface area contributed by atoms with Gasteiger partial charge < -0.3 is 11.5 Å². The maximum absolute atomic E-state index is 11.8. The average Bonchev–Trinajstić information content (AvgIpc) is 2.49. The normalized spacial score (nSPS) is 10.4. The van der Waals surface area contributed by atoms with Crippen LogP contribution in [0.5, 0.6) is 0 Å². The lowest BCUT2D eigenvalue weighted by Crippen LogP contribution is -2.26. The zero-order valence-corrected chi connectivity index (χ0v) is 12.1. The Balaban J connectivity index is 2.28. The molecule has 0 aromatic heterocycles. The van der Waals surface area contributed by atoms with Gasteiger partial charge in [0.25, 0.3) is 5.91 Å². The van der Waals surface area contributed by atoms with Crippen molar-refractivity contribution in [2.75, 3.05) is 5.06 Å². The van der Waals surface area contributed by atoms with E-state index in [1.807, 2.05) is 0 Å². The Morgan fingerprint density at radius 1 is 1.00 bits per heavy atom. The zero-order chi connectivity index (χ0) is 15.7. The summed E-state index contributed by atoms with van der Waals surface area (Å²) in [6.45, 7) is 0.422. The van der Waals surface area contributed by atoms with E-state index < -0.39 is 0 Å². The van der Waals surface area contributed by atoms with E-state index in [1.54, 1.807) is 24.3 Å². The van der Waals surface area contributed by atoms with E-state index in [4.69, 9.17) is 11.5 Å². The monoisotopic (exact) mass is 293 g/mol. The lowest BCUT2D eigenvalue weighted by Gasteiger charge is -2.15. The largest absolute Gasteiger partial charge is 0.370 e. The first-order valence-electron chi connectivity index (χ1n) is 7.13. The lowest BCUT2D eigenvalue weighted by atomic mass is 10.1. The molecule has 2 amide bonds. The molecule has 5 N–H and O–H groups in total. The summed E-state index contributed by atoms with van der Waals surface area (Å²) in [4.78, 5) is 22.4. The van der Waals surface area contributed by atoms with Crippen molar-refractivity contribution in [2.45, 2.75) is 45.1 Å². The number of nitrogens with two attached hydrogens (primary N) is 2. The van der Waals surface area contributed by atoms with Gasteiger partial charge in [0, 0.05) is 19.4 Å². The molecule has 0 heterocycles. The first-order valence-corrected chi connectivity index (χ1v) is 7.13. The lowest BCUT2D eigenvalue weighted by molar-refractivity contribution is -0.123. The van der Waals surface area contributed by atoms with Gasteiger partial charge >= 0.3 is 0 Å². The molecule has 1 rings (SSSR count). The Hall–Kier alpha value is -1.92. The predicted octanol–water partition coefficient (Wildman–Crippen LogP) is 1.69. The molecule has 0 aliphatic heterocycles. The number of unbranched alkanes of at least 4 members (excludes halogenated alkanes) is 3. The van der Waals surface area contributed by atoms with Gasteiger partial charge in [-0.1, -0.05) is 25.0 Å². The Bertz CT molecular complexity index is 460. The summed E-state index contributed by atoms with van der Waals surface area (Å²) in [5.41, 5.74) is 11.9. The first kappa shape index (κ1) is 17.1. The van der Waals surface area contributed by atoms with Crippen molar-refractivity contribution in [3.05, 3.63) is 29.8 Å². The van der Waals surface area contributed by atoms with E-state index >= 15 is 0 Å². The quantitative estimate of drug-likeness (QED) is 0.365. The van der Waals surface area contributed by atoms with Crippen LogP contribution in [0.3, 0.4) is 0 Å². The summed E-state index contributed by atoms with van der Waals surface area (Å²) >= 11 is 0. The average molecular weight is 293 g/mol. The van der Waals surface area contributed by atoms with Crippen LogP contribution in [0.4, 0.5) is 5.69 Å². The first-order chi connectivity index (χ1) is 10.0. The van der Waals surface area contributed by atoms with Crippen LogP contribution in [0, 0.1) is 0 Å². The minimum absolute atomic E-state index is 0.270. The molecular weight excluding hydrogens is 270 g/mol. The second-order valence-electron chi connectivity index (χ2n) is 4.96. The number of hydroxylamine groups is 1. The van der Waals surface area contributed by atoms with Crippen molar-refractivity contribution in [1.82, 2.24) is 0 Å². The molecule has 0 unspecified atom stereocenters. The standard InChI is InChI=1S/C15H23N3O3/c16-11-12-7-9-13(10-8-12)18(21)15(20)6-4-2-1-3-5-14(17)19/h7-10,21H,1-6,11,16H2,(H2,17,19). The highest BCUT2D eigenvalue weighted by atomic mass is 16.5. The van der Waals surface area contributed by atoms with Gasteiger partial charge in [0.1, 0.15) is 0 Å². The van der Waals surface area contributed by atoms with Crippen LogP contribution in [-0.2, 0) is 16.1 Å². The van der Waals surface area contributed by atoms with Gasteiger partial charge in [0.15, 0.2) is 0 Å². The second kappa shape index (κ2) is 9.10. The summed E-state index contributed by atoms with van der Waals surface area (Å²) in [5, 5.41) is 10.5. The van der Waals surface area contributed by atoms with Crippen molar-refractivity contribution in [3.8, 4) is 0 Å². The second-order valence-corrected chi connectivity index (χ2v) is 4.96. The molecule has 0 radical (unpaired) electrons. The van der Waals surface area contributed by atoms with Crippen LogP contribution >= 0.6 is 0 Å². The zero-order valence-electron chi connectivity index (χ0n) is 12.1. The van der Waals surface area contributed by atoms with Crippen molar-refractivity contribution in [3.63, 3.8) is 0 Å². The molecule has 21 heavy (non-hydrogen) atoms. The molecule has 116 valence electrons. The fourth-order valence-electron chi connectivity index (χ4n) is 1.95. The Labute approximate surface area is 124 Å². The molecule has 0 atom stereocenters. The maximum atomic E-state index is 11.8. The Kier molecular flexibility index (Phi) is 7.42. The fourth-order valence-corrected chi connectivity index (χ4v) is 1.95. The van der Waals surface area contributed by atoms with Gasteiger partial charge in [-0.2, -0.15) is 5.06 Å². The third-order valence-electron chi connectivity index (χ3n) is 3.22. The maximum Gasteiger partial charge on any atom is 0.250 e. The van der Waals surface area contributed by atoms with Crippen LogP contribution in [-0.4, -0.2) is 17.0 Å². The highest BCUT2D eigenvalue weighted by molar-refractivity contribution is 5.90. The van der Waals surface area contributed by atoms with Gasteiger partial charge in [-0.3, -0.25) is 14.8 Å². The number of carbonyl (C=O) groups is 2. The van der Waals surface area contributed by atoms with Gasteiger partial charge in [-0.25, -0.2) is 0 Å². The third kappa shape index (κ3) is 6.37. The van der Waals surface area contributed by atoms with E-state index in [0.29, 0.717) is 30.1 Å². The van der Waals surface area contributed by atoms with Crippen LogP contribution in [0.15, 0.2) is 24.3 Å². The van der Waals surface area contributed by atoms with E-state index in [-0.39, 0.29) is 18.2 Å². The summed E-state index contributed by atoms with van der Waals surface area (Å²) in [5.74, 6) is -0.640.